The molecule has 0 saturated carbocycles. The highest BCUT2D eigenvalue weighted by molar-refractivity contribution is 6.03. The summed E-state index contributed by atoms with van der Waals surface area (Å²) in [5, 5.41) is 14.2. The molecule has 1 atom stereocenters. The molecule has 1 saturated heterocycles. The van der Waals surface area contributed by atoms with Crippen molar-refractivity contribution in [2.45, 2.75) is 57.3 Å². The van der Waals surface area contributed by atoms with Gasteiger partial charge in [-0.25, -0.2) is 28.2 Å². The molecule has 4 N–H and O–H groups in total. The van der Waals surface area contributed by atoms with Gasteiger partial charge in [0.25, 0.3) is 12.3 Å². The molecule has 0 aliphatic carbocycles. The zero-order valence-corrected chi connectivity index (χ0v) is 33.2. The second-order valence-corrected chi connectivity index (χ2v) is 14.5. The van der Waals surface area contributed by atoms with E-state index in [0.29, 0.717) is 43.0 Å². The van der Waals surface area contributed by atoms with Crippen LogP contribution >= 0.6 is 0 Å². The van der Waals surface area contributed by atoms with Crippen LogP contribution in [0.25, 0.3) is 28.2 Å². The van der Waals surface area contributed by atoms with Crippen LogP contribution < -0.4 is 27.0 Å². The van der Waals surface area contributed by atoms with Crippen LogP contribution in [0.2, 0.25) is 0 Å². The minimum atomic E-state index is -4.47. The molecular formula is C41H41F5N10O6. The lowest BCUT2D eigenvalue weighted by atomic mass is 10.1. The summed E-state index contributed by atoms with van der Waals surface area (Å²) in [6.07, 6.45) is -1.28. The molecule has 1 unspecified atom stereocenters. The molecule has 326 valence electrons. The number of carbonyl (C=O) groups is 3. The number of imidazole rings is 1. The summed E-state index contributed by atoms with van der Waals surface area (Å²) >= 11 is 0. The summed E-state index contributed by atoms with van der Waals surface area (Å²) in [5.74, 6) is -1.87. The average molecular weight is 865 g/mol. The van der Waals surface area contributed by atoms with Gasteiger partial charge >= 0.3 is 11.9 Å². The van der Waals surface area contributed by atoms with E-state index in [1.165, 1.54) is 38.3 Å². The SMILES string of the molecule is Cn1c(=O)n(C2CCC(=O)NC2=O)c2ccc(CCCOCCCNCc3ccc(-n4cc(NC(=O)c5coc(-c6ccnc(NCC(F)(F)F)c6)n5)c(C(F)F)n4)cc3)cc21. The van der Waals surface area contributed by atoms with E-state index in [-0.39, 0.29) is 53.1 Å². The Bertz CT molecular complexity index is 2620. The van der Waals surface area contributed by atoms with Gasteiger partial charge in [-0.15, -0.1) is 0 Å². The van der Waals surface area contributed by atoms with Crippen molar-refractivity contribution in [3.63, 3.8) is 0 Å². The number of imide groups is 1. The van der Waals surface area contributed by atoms with Crippen LogP contribution in [0.3, 0.4) is 0 Å². The molecule has 16 nitrogen and oxygen atoms in total. The van der Waals surface area contributed by atoms with E-state index in [2.05, 4.69) is 36.3 Å². The molecule has 4 aromatic heterocycles. The van der Waals surface area contributed by atoms with E-state index in [9.17, 15) is 41.1 Å². The van der Waals surface area contributed by atoms with Crippen molar-refractivity contribution in [2.24, 2.45) is 7.05 Å². The lowest BCUT2D eigenvalue weighted by Gasteiger charge is -2.21. The Kier molecular flexibility index (Phi) is 13.2. The highest BCUT2D eigenvalue weighted by atomic mass is 19.4. The largest absolute Gasteiger partial charge is 0.444 e. The van der Waals surface area contributed by atoms with Crippen LogP contribution in [0.4, 0.5) is 33.5 Å². The number of fused-ring (bicyclic) bond motifs is 1. The Labute approximate surface area is 349 Å². The van der Waals surface area contributed by atoms with Crippen LogP contribution in [0, 0.1) is 0 Å². The van der Waals surface area contributed by atoms with Crippen molar-refractivity contribution in [1.29, 1.82) is 0 Å². The number of carbonyl (C=O) groups excluding carboxylic acids is 3. The average Bonchev–Trinajstić information content (AvgIpc) is 3.97. The molecule has 1 aliphatic heterocycles. The molecule has 1 aliphatic rings. The molecule has 0 bridgehead atoms. The predicted octanol–water partition coefficient (Wildman–Crippen LogP) is 5.85. The first kappa shape index (κ1) is 43.4. The van der Waals surface area contributed by atoms with Crippen LogP contribution in [-0.4, -0.2) is 79.1 Å². The molecule has 21 heteroatoms. The number of ether oxygens (including phenoxy) is 1. The lowest BCUT2D eigenvalue weighted by Crippen LogP contribution is -2.44. The van der Waals surface area contributed by atoms with E-state index >= 15 is 0 Å². The summed E-state index contributed by atoms with van der Waals surface area (Å²) in [7, 11) is 1.66. The van der Waals surface area contributed by atoms with Gasteiger partial charge in [-0.2, -0.15) is 18.3 Å². The molecule has 0 radical (unpaired) electrons. The number of pyridine rings is 1. The van der Waals surface area contributed by atoms with Crippen molar-refractivity contribution < 1.29 is 45.5 Å². The number of aromatic nitrogens is 6. The van der Waals surface area contributed by atoms with Gasteiger partial charge in [0.05, 0.1) is 28.6 Å². The predicted molar refractivity (Wildman–Crippen MR) is 215 cm³/mol. The highest BCUT2D eigenvalue weighted by Crippen LogP contribution is 2.29. The van der Waals surface area contributed by atoms with Gasteiger partial charge in [0, 0.05) is 45.0 Å². The molecule has 62 heavy (non-hydrogen) atoms. The fourth-order valence-electron chi connectivity index (χ4n) is 6.90. The van der Waals surface area contributed by atoms with Crippen molar-refractivity contribution in [1.82, 2.24) is 39.5 Å². The van der Waals surface area contributed by atoms with E-state index < -0.39 is 42.7 Å². The zero-order chi connectivity index (χ0) is 44.0. The first-order valence-electron chi connectivity index (χ1n) is 19.6. The summed E-state index contributed by atoms with van der Waals surface area (Å²) in [6.45, 7) is 1.02. The Morgan fingerprint density at radius 3 is 2.55 bits per heavy atom. The van der Waals surface area contributed by atoms with Gasteiger partial charge in [0.15, 0.2) is 11.4 Å². The molecule has 1 fully saturated rings. The normalized spacial score (nSPS) is 14.5. The topological polar surface area (TPSA) is 192 Å². The molecule has 0 spiro atoms. The molecular weight excluding hydrogens is 824 g/mol. The van der Waals surface area contributed by atoms with E-state index in [1.54, 1.807) is 19.2 Å². The fourth-order valence-corrected chi connectivity index (χ4v) is 6.90. The maximum absolute atomic E-state index is 14.0. The van der Waals surface area contributed by atoms with Gasteiger partial charge in [-0.3, -0.25) is 28.8 Å². The number of nitrogens with one attached hydrogen (secondary N) is 4. The maximum atomic E-state index is 14.0. The first-order chi connectivity index (χ1) is 29.7. The van der Waals surface area contributed by atoms with Crippen LogP contribution in [0.15, 0.2) is 82.5 Å². The quantitative estimate of drug-likeness (QED) is 0.0461. The third kappa shape index (κ3) is 10.4. The minimum Gasteiger partial charge on any atom is -0.444 e. The Morgan fingerprint density at radius 2 is 1.79 bits per heavy atom. The summed E-state index contributed by atoms with van der Waals surface area (Å²) in [6, 6.07) is 14.7. The van der Waals surface area contributed by atoms with Crippen molar-refractivity contribution in [3.05, 3.63) is 106 Å². The van der Waals surface area contributed by atoms with Crippen LogP contribution in [0.1, 0.15) is 65.5 Å². The lowest BCUT2D eigenvalue weighted by molar-refractivity contribution is -0.135. The monoisotopic (exact) mass is 864 g/mol. The number of oxazole rings is 1. The molecule has 5 heterocycles. The first-order valence-corrected chi connectivity index (χ1v) is 19.6. The standard InChI is InChI=1S/C41H41F5N10O6/c1-54-32-18-24(7-10-30(32)56(40(54)60)31-11-12-34(57)52-38(31)59)4-2-16-61-17-3-14-47-20-25-5-8-27(9-6-25)55-21-28(35(53-55)36(42)43)50-37(58)29-22-62-39(51-29)26-13-15-48-33(19-26)49-23-41(44,45)46/h5-10,13,15,18-19,21-22,31,36,47H,2-4,11-12,14,16-17,20,23H2,1H3,(H,48,49)(H,50,58)(H,52,57,59). The highest BCUT2D eigenvalue weighted by Gasteiger charge is 2.31. The maximum Gasteiger partial charge on any atom is 0.405 e. The Hall–Kier alpha value is -6.74. The third-order valence-electron chi connectivity index (χ3n) is 10.0. The molecule has 3 amide bonds. The smallest absolute Gasteiger partial charge is 0.405 e. The number of rotatable bonds is 18. The number of aryl methyl sites for hydroxylation is 2. The van der Waals surface area contributed by atoms with Gasteiger partial charge in [0.1, 0.15) is 24.7 Å². The van der Waals surface area contributed by atoms with Gasteiger partial charge in [-0.05, 0) is 79.8 Å². The molecule has 6 aromatic rings. The van der Waals surface area contributed by atoms with Gasteiger partial charge in [0.2, 0.25) is 17.7 Å². The summed E-state index contributed by atoms with van der Waals surface area (Å²) < 4.78 is 81.1. The van der Waals surface area contributed by atoms with Crippen molar-refractivity contribution in [3.8, 4) is 17.1 Å². The third-order valence-corrected chi connectivity index (χ3v) is 10.0. The van der Waals surface area contributed by atoms with Gasteiger partial charge < -0.3 is 25.1 Å². The Morgan fingerprint density at radius 1 is 1.02 bits per heavy atom. The number of amides is 3. The van der Waals surface area contributed by atoms with Crippen LogP contribution in [-0.2, 0) is 34.3 Å². The number of nitrogens with zero attached hydrogens (tertiary/aromatic N) is 6. The zero-order valence-electron chi connectivity index (χ0n) is 33.2. The number of alkyl halides is 5. The van der Waals surface area contributed by atoms with Gasteiger partial charge in [-0.1, -0.05) is 18.2 Å². The van der Waals surface area contributed by atoms with Crippen LogP contribution in [0.5, 0.6) is 0 Å². The van der Waals surface area contributed by atoms with Crippen molar-refractivity contribution in [2.75, 3.05) is 36.9 Å². The van der Waals surface area contributed by atoms with Crippen molar-refractivity contribution >= 4 is 40.3 Å². The minimum absolute atomic E-state index is 0.0961. The number of benzene rings is 2. The number of piperidine rings is 1. The van der Waals surface area contributed by atoms with E-state index in [0.717, 1.165) is 36.7 Å². The fraction of sp³-hybridized carbons (Fsp3) is 0.341. The van der Waals surface area contributed by atoms with E-state index in [1.807, 2.05) is 30.3 Å². The number of anilines is 2. The summed E-state index contributed by atoms with van der Waals surface area (Å²) in [5.41, 5.74) is 2.53. The second-order valence-electron chi connectivity index (χ2n) is 14.5. The number of halogens is 5. The summed E-state index contributed by atoms with van der Waals surface area (Å²) in [4.78, 5) is 57.9. The van der Waals surface area contributed by atoms with E-state index in [4.69, 9.17) is 9.15 Å². The number of hydrogen-bond donors (Lipinski definition) is 4. The molecule has 2 aromatic carbocycles. The second kappa shape index (κ2) is 18.9. The molecule has 7 rings (SSSR count). The Balaban J connectivity index is 0.835. The number of hydrogen-bond acceptors (Lipinski definition) is 11.